The Morgan fingerprint density at radius 2 is 1.48 bits per heavy atom. The van der Waals surface area contributed by atoms with Crippen LogP contribution >= 0.6 is 0 Å². The smallest absolute Gasteiger partial charge is 0.255 e. The fourth-order valence-corrected chi connectivity index (χ4v) is 2.71. The average Bonchev–Trinajstić information content (AvgIpc) is 2.75. The second kappa shape index (κ2) is 9.50. The highest BCUT2D eigenvalue weighted by molar-refractivity contribution is 6.05. The van der Waals surface area contributed by atoms with E-state index in [9.17, 15) is 14.0 Å². The lowest BCUT2D eigenvalue weighted by Gasteiger charge is -2.11. The number of hydrogen-bond acceptors (Lipinski definition) is 3. The molecular weight excluding hydrogens is 371 g/mol. The van der Waals surface area contributed by atoms with Gasteiger partial charge in [0.15, 0.2) is 0 Å². The first-order valence-electron chi connectivity index (χ1n) is 9.22. The van der Waals surface area contributed by atoms with E-state index in [-0.39, 0.29) is 24.2 Å². The third-order valence-electron chi connectivity index (χ3n) is 4.21. The molecule has 0 unspecified atom stereocenters. The van der Waals surface area contributed by atoms with Gasteiger partial charge in [-0.15, -0.1) is 0 Å². The number of para-hydroxylation sites is 2. The molecule has 0 radical (unpaired) electrons. The maximum absolute atomic E-state index is 12.9. The molecule has 148 valence electrons. The number of hydrogen-bond donors (Lipinski definition) is 2. The first kappa shape index (κ1) is 20.1. The Morgan fingerprint density at radius 1 is 0.862 bits per heavy atom. The second-order valence-electron chi connectivity index (χ2n) is 6.27. The normalized spacial score (nSPS) is 10.3. The van der Waals surface area contributed by atoms with E-state index in [2.05, 4.69) is 10.6 Å². The number of anilines is 1. The Labute approximate surface area is 168 Å². The SMILES string of the molecule is CCOc1ccccc1NC(=O)c1ccc(C(=O)NCc2ccc(F)cc2)cc1. The van der Waals surface area contributed by atoms with Gasteiger partial charge in [0.1, 0.15) is 11.6 Å². The van der Waals surface area contributed by atoms with Crippen LogP contribution in [0.4, 0.5) is 10.1 Å². The van der Waals surface area contributed by atoms with Gasteiger partial charge in [0, 0.05) is 17.7 Å². The molecule has 29 heavy (non-hydrogen) atoms. The van der Waals surface area contributed by atoms with Gasteiger partial charge < -0.3 is 15.4 Å². The molecule has 0 heterocycles. The Balaban J connectivity index is 1.61. The summed E-state index contributed by atoms with van der Waals surface area (Å²) in [7, 11) is 0. The molecule has 2 amide bonds. The summed E-state index contributed by atoms with van der Waals surface area (Å²) in [4.78, 5) is 24.8. The topological polar surface area (TPSA) is 67.4 Å². The minimum atomic E-state index is -0.321. The first-order chi connectivity index (χ1) is 14.1. The zero-order chi connectivity index (χ0) is 20.6. The molecule has 2 N–H and O–H groups in total. The van der Waals surface area contributed by atoms with Gasteiger partial charge >= 0.3 is 0 Å². The molecule has 0 aliphatic carbocycles. The van der Waals surface area contributed by atoms with Gasteiger partial charge in [0.05, 0.1) is 12.3 Å². The fraction of sp³-hybridized carbons (Fsp3) is 0.130. The van der Waals surface area contributed by atoms with E-state index in [4.69, 9.17) is 4.74 Å². The number of halogens is 1. The molecule has 3 aromatic rings. The van der Waals surface area contributed by atoms with Crippen LogP contribution in [0, 0.1) is 5.82 Å². The summed E-state index contributed by atoms with van der Waals surface area (Å²) in [5.41, 5.74) is 2.23. The van der Waals surface area contributed by atoms with Gasteiger partial charge in [-0.3, -0.25) is 9.59 Å². The van der Waals surface area contributed by atoms with Crippen molar-refractivity contribution >= 4 is 17.5 Å². The predicted octanol–water partition coefficient (Wildman–Crippen LogP) is 4.41. The lowest BCUT2D eigenvalue weighted by atomic mass is 10.1. The maximum atomic E-state index is 12.9. The number of amides is 2. The van der Waals surface area contributed by atoms with E-state index in [1.54, 1.807) is 48.5 Å². The van der Waals surface area contributed by atoms with Crippen molar-refractivity contribution in [1.82, 2.24) is 5.32 Å². The largest absolute Gasteiger partial charge is 0.492 e. The minimum absolute atomic E-state index is 0.275. The number of carbonyl (C=O) groups excluding carboxylic acids is 2. The highest BCUT2D eigenvalue weighted by Crippen LogP contribution is 2.24. The summed E-state index contributed by atoms with van der Waals surface area (Å²) in [5.74, 6) is -0.295. The molecule has 0 aliphatic rings. The average molecular weight is 392 g/mol. The van der Waals surface area contributed by atoms with Crippen molar-refractivity contribution < 1.29 is 18.7 Å². The number of rotatable bonds is 7. The highest BCUT2D eigenvalue weighted by Gasteiger charge is 2.11. The van der Waals surface area contributed by atoms with Crippen molar-refractivity contribution in [3.05, 3.63) is 95.3 Å². The quantitative estimate of drug-likeness (QED) is 0.626. The van der Waals surface area contributed by atoms with Crippen LogP contribution in [-0.2, 0) is 6.54 Å². The zero-order valence-corrected chi connectivity index (χ0v) is 15.9. The van der Waals surface area contributed by atoms with Gasteiger partial charge in [-0.2, -0.15) is 0 Å². The molecule has 6 heteroatoms. The lowest BCUT2D eigenvalue weighted by molar-refractivity contribution is 0.0949. The van der Waals surface area contributed by atoms with Crippen LogP contribution in [0.15, 0.2) is 72.8 Å². The molecule has 0 spiro atoms. The summed E-state index contributed by atoms with van der Waals surface area (Å²) >= 11 is 0. The van der Waals surface area contributed by atoms with E-state index in [0.29, 0.717) is 29.2 Å². The van der Waals surface area contributed by atoms with E-state index in [1.807, 2.05) is 19.1 Å². The number of carbonyl (C=O) groups is 2. The molecule has 0 aliphatic heterocycles. The minimum Gasteiger partial charge on any atom is -0.492 e. The molecule has 3 rings (SSSR count). The van der Waals surface area contributed by atoms with Crippen LogP contribution in [0.25, 0.3) is 0 Å². The van der Waals surface area contributed by atoms with Gasteiger partial charge in [-0.05, 0) is 61.0 Å². The molecule has 0 aromatic heterocycles. The van der Waals surface area contributed by atoms with Crippen molar-refractivity contribution in [2.45, 2.75) is 13.5 Å². The predicted molar refractivity (Wildman–Crippen MR) is 110 cm³/mol. The van der Waals surface area contributed by atoms with Gasteiger partial charge in [-0.1, -0.05) is 24.3 Å². The van der Waals surface area contributed by atoms with Crippen molar-refractivity contribution in [2.24, 2.45) is 0 Å². The van der Waals surface area contributed by atoms with Crippen LogP contribution in [0.1, 0.15) is 33.2 Å². The highest BCUT2D eigenvalue weighted by atomic mass is 19.1. The van der Waals surface area contributed by atoms with E-state index in [1.165, 1.54) is 12.1 Å². The summed E-state index contributed by atoms with van der Waals surface area (Å²) in [6, 6.07) is 19.5. The lowest BCUT2D eigenvalue weighted by Crippen LogP contribution is -2.23. The summed E-state index contributed by atoms with van der Waals surface area (Å²) in [6.45, 7) is 2.66. The monoisotopic (exact) mass is 392 g/mol. The van der Waals surface area contributed by atoms with E-state index < -0.39 is 0 Å². The number of ether oxygens (including phenoxy) is 1. The van der Waals surface area contributed by atoms with Crippen molar-refractivity contribution in [1.29, 1.82) is 0 Å². The Morgan fingerprint density at radius 3 is 2.14 bits per heavy atom. The molecular formula is C23H21FN2O3. The molecule has 0 fully saturated rings. The number of benzene rings is 3. The van der Waals surface area contributed by atoms with Crippen molar-refractivity contribution in [3.63, 3.8) is 0 Å². The molecule has 0 saturated heterocycles. The van der Waals surface area contributed by atoms with Crippen LogP contribution in [0.2, 0.25) is 0 Å². The van der Waals surface area contributed by atoms with Crippen LogP contribution in [0.5, 0.6) is 5.75 Å². The molecule has 5 nitrogen and oxygen atoms in total. The third kappa shape index (κ3) is 5.42. The summed E-state index contributed by atoms with van der Waals surface area (Å²) in [6.07, 6.45) is 0. The second-order valence-corrected chi connectivity index (χ2v) is 6.27. The summed E-state index contributed by atoms with van der Waals surface area (Å²) in [5, 5.41) is 5.58. The van der Waals surface area contributed by atoms with Crippen molar-refractivity contribution in [3.8, 4) is 5.75 Å². The van der Waals surface area contributed by atoms with E-state index in [0.717, 1.165) is 5.56 Å². The van der Waals surface area contributed by atoms with Crippen LogP contribution in [0.3, 0.4) is 0 Å². The molecule has 0 bridgehead atoms. The first-order valence-corrected chi connectivity index (χ1v) is 9.22. The van der Waals surface area contributed by atoms with Crippen LogP contribution < -0.4 is 15.4 Å². The zero-order valence-electron chi connectivity index (χ0n) is 15.9. The Bertz CT molecular complexity index is 986. The molecule has 0 saturated carbocycles. The fourth-order valence-electron chi connectivity index (χ4n) is 2.71. The standard InChI is InChI=1S/C23H21FN2O3/c1-2-29-21-6-4-3-5-20(21)26-23(28)18-11-9-17(10-12-18)22(27)25-15-16-7-13-19(24)14-8-16/h3-14H,2,15H2,1H3,(H,25,27)(H,26,28). The van der Waals surface area contributed by atoms with Gasteiger partial charge in [-0.25, -0.2) is 4.39 Å². The van der Waals surface area contributed by atoms with Crippen LogP contribution in [-0.4, -0.2) is 18.4 Å². The van der Waals surface area contributed by atoms with E-state index >= 15 is 0 Å². The number of nitrogens with one attached hydrogen (secondary N) is 2. The Kier molecular flexibility index (Phi) is 6.58. The third-order valence-corrected chi connectivity index (χ3v) is 4.21. The van der Waals surface area contributed by atoms with Gasteiger partial charge in [0.2, 0.25) is 0 Å². The Hall–Kier alpha value is -3.67. The van der Waals surface area contributed by atoms with Crippen molar-refractivity contribution in [2.75, 3.05) is 11.9 Å². The van der Waals surface area contributed by atoms with Gasteiger partial charge in [0.25, 0.3) is 11.8 Å². The molecule has 3 aromatic carbocycles. The maximum Gasteiger partial charge on any atom is 0.255 e. The molecule has 0 atom stereocenters. The summed E-state index contributed by atoms with van der Waals surface area (Å²) < 4.78 is 18.4.